The SMILES string of the molecule is COC1(c2noc(CC3CCNCC3)n2)CCC(C)CC1. The highest BCUT2D eigenvalue weighted by Crippen LogP contribution is 2.40. The maximum absolute atomic E-state index is 5.82. The van der Waals surface area contributed by atoms with Crippen molar-refractivity contribution in [1.29, 1.82) is 0 Å². The predicted molar refractivity (Wildman–Crippen MR) is 79.9 cm³/mol. The average Bonchev–Trinajstić information content (AvgIpc) is 2.99. The molecule has 118 valence electrons. The molecule has 5 heteroatoms. The summed E-state index contributed by atoms with van der Waals surface area (Å²) in [5, 5.41) is 7.64. The fraction of sp³-hybridized carbons (Fsp3) is 0.875. The average molecular weight is 293 g/mol. The Morgan fingerprint density at radius 1 is 1.24 bits per heavy atom. The first kappa shape index (κ1) is 15.0. The molecule has 0 radical (unpaired) electrons. The highest BCUT2D eigenvalue weighted by molar-refractivity contribution is 5.04. The molecule has 1 N–H and O–H groups in total. The molecule has 1 aliphatic heterocycles. The number of nitrogens with zero attached hydrogens (tertiary/aromatic N) is 2. The third-order valence-electron chi connectivity index (χ3n) is 5.27. The number of ether oxygens (including phenoxy) is 1. The minimum Gasteiger partial charge on any atom is -0.370 e. The minimum absolute atomic E-state index is 0.317. The van der Waals surface area contributed by atoms with Crippen molar-refractivity contribution in [2.45, 2.75) is 57.5 Å². The van der Waals surface area contributed by atoms with E-state index in [2.05, 4.69) is 22.4 Å². The molecule has 2 heterocycles. The maximum Gasteiger partial charge on any atom is 0.227 e. The van der Waals surface area contributed by atoms with Gasteiger partial charge in [0.05, 0.1) is 0 Å². The molecule has 1 saturated heterocycles. The first-order valence-corrected chi connectivity index (χ1v) is 8.31. The summed E-state index contributed by atoms with van der Waals surface area (Å²) < 4.78 is 11.3. The second-order valence-electron chi connectivity index (χ2n) is 6.79. The van der Waals surface area contributed by atoms with Gasteiger partial charge >= 0.3 is 0 Å². The van der Waals surface area contributed by atoms with Crippen molar-refractivity contribution in [3.63, 3.8) is 0 Å². The van der Waals surface area contributed by atoms with Crippen LogP contribution < -0.4 is 5.32 Å². The Morgan fingerprint density at radius 3 is 2.62 bits per heavy atom. The van der Waals surface area contributed by atoms with Crippen molar-refractivity contribution in [2.24, 2.45) is 11.8 Å². The molecule has 1 aliphatic carbocycles. The second kappa shape index (κ2) is 6.44. The van der Waals surface area contributed by atoms with Gasteiger partial charge in [0.1, 0.15) is 5.60 Å². The quantitative estimate of drug-likeness (QED) is 0.925. The van der Waals surface area contributed by atoms with Gasteiger partial charge in [0.2, 0.25) is 11.7 Å². The van der Waals surface area contributed by atoms with Gasteiger partial charge in [-0.3, -0.25) is 0 Å². The molecule has 1 aromatic heterocycles. The summed E-state index contributed by atoms with van der Waals surface area (Å²) in [6.45, 7) is 4.51. The molecule has 1 aromatic rings. The highest BCUT2D eigenvalue weighted by Gasteiger charge is 2.40. The van der Waals surface area contributed by atoms with Crippen molar-refractivity contribution in [1.82, 2.24) is 15.5 Å². The summed E-state index contributed by atoms with van der Waals surface area (Å²) in [7, 11) is 1.78. The van der Waals surface area contributed by atoms with Gasteiger partial charge in [0.15, 0.2) is 0 Å². The molecule has 0 spiro atoms. The molecule has 3 rings (SSSR count). The van der Waals surface area contributed by atoms with E-state index in [1.807, 2.05) is 0 Å². The summed E-state index contributed by atoms with van der Waals surface area (Å²) >= 11 is 0. The van der Waals surface area contributed by atoms with Crippen LogP contribution in [-0.2, 0) is 16.8 Å². The van der Waals surface area contributed by atoms with Crippen LogP contribution in [0.5, 0.6) is 0 Å². The second-order valence-corrected chi connectivity index (χ2v) is 6.79. The molecule has 2 aliphatic rings. The fourth-order valence-electron chi connectivity index (χ4n) is 3.60. The number of piperidine rings is 1. The van der Waals surface area contributed by atoms with E-state index in [9.17, 15) is 0 Å². The number of nitrogens with one attached hydrogen (secondary N) is 1. The third-order valence-corrected chi connectivity index (χ3v) is 5.27. The highest BCUT2D eigenvalue weighted by atomic mass is 16.5. The number of hydrogen-bond acceptors (Lipinski definition) is 5. The van der Waals surface area contributed by atoms with E-state index in [-0.39, 0.29) is 5.60 Å². The van der Waals surface area contributed by atoms with Crippen LogP contribution in [0.3, 0.4) is 0 Å². The molecule has 21 heavy (non-hydrogen) atoms. The van der Waals surface area contributed by atoms with E-state index in [1.165, 1.54) is 25.7 Å². The van der Waals surface area contributed by atoms with Crippen molar-refractivity contribution in [3.05, 3.63) is 11.7 Å². The van der Waals surface area contributed by atoms with Crippen molar-refractivity contribution < 1.29 is 9.26 Å². The topological polar surface area (TPSA) is 60.2 Å². The summed E-state index contributed by atoms with van der Waals surface area (Å²) in [4.78, 5) is 4.67. The molecule has 0 unspecified atom stereocenters. The molecule has 0 aromatic carbocycles. The zero-order valence-corrected chi connectivity index (χ0v) is 13.2. The predicted octanol–water partition coefficient (Wildman–Crippen LogP) is 2.66. The minimum atomic E-state index is -0.317. The van der Waals surface area contributed by atoms with E-state index >= 15 is 0 Å². The lowest BCUT2D eigenvalue weighted by atomic mass is 9.79. The Morgan fingerprint density at radius 2 is 1.95 bits per heavy atom. The van der Waals surface area contributed by atoms with Crippen LogP contribution >= 0.6 is 0 Å². The Labute approximate surface area is 126 Å². The lowest BCUT2D eigenvalue weighted by Gasteiger charge is -2.35. The summed E-state index contributed by atoms with van der Waals surface area (Å²) in [6.07, 6.45) is 7.65. The Hall–Kier alpha value is -0.940. The van der Waals surface area contributed by atoms with E-state index in [1.54, 1.807) is 7.11 Å². The monoisotopic (exact) mass is 293 g/mol. The standard InChI is InChI=1S/C16H27N3O2/c1-12-3-7-16(20-2,8-4-12)15-18-14(21-19-15)11-13-5-9-17-10-6-13/h12-13,17H,3-11H2,1-2H3. The van der Waals surface area contributed by atoms with Gasteiger partial charge in [0, 0.05) is 13.5 Å². The Bertz CT molecular complexity index is 446. The first-order valence-electron chi connectivity index (χ1n) is 8.31. The Kier molecular flexibility index (Phi) is 4.60. The number of aromatic nitrogens is 2. The maximum atomic E-state index is 5.82. The van der Waals surface area contributed by atoms with Crippen LogP contribution in [0, 0.1) is 11.8 Å². The number of methoxy groups -OCH3 is 1. The van der Waals surface area contributed by atoms with Gasteiger partial charge in [-0.1, -0.05) is 12.1 Å². The lowest BCUT2D eigenvalue weighted by Crippen LogP contribution is -2.34. The normalized spacial score (nSPS) is 31.4. The zero-order valence-electron chi connectivity index (χ0n) is 13.2. The molecule has 0 atom stereocenters. The summed E-state index contributed by atoms with van der Waals surface area (Å²) in [6, 6.07) is 0. The smallest absolute Gasteiger partial charge is 0.227 e. The zero-order chi connectivity index (χ0) is 14.7. The van der Waals surface area contributed by atoms with Gasteiger partial charge in [-0.25, -0.2) is 0 Å². The molecule has 2 fully saturated rings. The number of rotatable bonds is 4. The molecular formula is C16H27N3O2. The molecular weight excluding hydrogens is 266 g/mol. The van der Waals surface area contributed by atoms with E-state index in [0.717, 1.165) is 50.0 Å². The van der Waals surface area contributed by atoms with Crippen molar-refractivity contribution in [2.75, 3.05) is 20.2 Å². The molecule has 0 bridgehead atoms. The van der Waals surface area contributed by atoms with Gasteiger partial charge < -0.3 is 14.6 Å². The van der Waals surface area contributed by atoms with Gasteiger partial charge in [0.25, 0.3) is 0 Å². The van der Waals surface area contributed by atoms with Gasteiger partial charge in [-0.2, -0.15) is 4.98 Å². The Balaban J connectivity index is 1.68. The van der Waals surface area contributed by atoms with E-state index < -0.39 is 0 Å². The van der Waals surface area contributed by atoms with Crippen molar-refractivity contribution >= 4 is 0 Å². The lowest BCUT2D eigenvalue weighted by molar-refractivity contribution is -0.0609. The van der Waals surface area contributed by atoms with Crippen LogP contribution in [0.15, 0.2) is 4.52 Å². The fourth-order valence-corrected chi connectivity index (χ4v) is 3.60. The van der Waals surface area contributed by atoms with Crippen LogP contribution in [0.4, 0.5) is 0 Å². The molecule has 0 amide bonds. The van der Waals surface area contributed by atoms with Gasteiger partial charge in [-0.05, 0) is 63.5 Å². The van der Waals surface area contributed by atoms with E-state index in [0.29, 0.717) is 5.92 Å². The largest absolute Gasteiger partial charge is 0.370 e. The van der Waals surface area contributed by atoms with Crippen LogP contribution in [0.25, 0.3) is 0 Å². The molecule has 5 nitrogen and oxygen atoms in total. The van der Waals surface area contributed by atoms with Crippen LogP contribution in [0.1, 0.15) is 57.2 Å². The first-order chi connectivity index (χ1) is 10.2. The van der Waals surface area contributed by atoms with E-state index in [4.69, 9.17) is 9.26 Å². The van der Waals surface area contributed by atoms with Crippen LogP contribution in [-0.4, -0.2) is 30.3 Å². The summed E-state index contributed by atoms with van der Waals surface area (Å²) in [5.41, 5.74) is -0.317. The molecule has 1 saturated carbocycles. The summed E-state index contributed by atoms with van der Waals surface area (Å²) in [5.74, 6) is 2.99. The van der Waals surface area contributed by atoms with Crippen LogP contribution in [0.2, 0.25) is 0 Å². The van der Waals surface area contributed by atoms with Gasteiger partial charge in [-0.15, -0.1) is 0 Å². The van der Waals surface area contributed by atoms with Crippen molar-refractivity contribution in [3.8, 4) is 0 Å². The number of hydrogen-bond donors (Lipinski definition) is 1. The third kappa shape index (κ3) is 3.29.